The summed E-state index contributed by atoms with van der Waals surface area (Å²) in [7, 11) is 0. The fraction of sp³-hybridized carbons (Fsp3) is 1.00. The first-order valence-corrected chi connectivity index (χ1v) is 5.13. The van der Waals surface area contributed by atoms with Gasteiger partial charge in [0.15, 0.2) is 0 Å². The van der Waals surface area contributed by atoms with Crippen molar-refractivity contribution in [2.75, 3.05) is 0 Å². The van der Waals surface area contributed by atoms with Gasteiger partial charge in [0, 0.05) is 5.41 Å². The van der Waals surface area contributed by atoms with Crippen molar-refractivity contribution in [1.29, 1.82) is 0 Å². The fourth-order valence-electron chi connectivity index (χ4n) is 1.38. The number of rotatable bonds is 5. The zero-order chi connectivity index (χ0) is 14.1. The fourth-order valence-corrected chi connectivity index (χ4v) is 1.38. The Morgan fingerprint density at radius 1 is 0.765 bits per heavy atom. The van der Waals surface area contributed by atoms with Gasteiger partial charge in [-0.3, -0.25) is 0 Å². The van der Waals surface area contributed by atoms with Gasteiger partial charge >= 0.3 is 18.0 Å². The van der Waals surface area contributed by atoms with Crippen molar-refractivity contribution in [1.82, 2.24) is 0 Å². The quantitative estimate of drug-likeness (QED) is 0.613. The van der Waals surface area contributed by atoms with E-state index in [2.05, 4.69) is 0 Å². The number of halogens is 7. The lowest BCUT2D eigenvalue weighted by Crippen LogP contribution is -2.58. The Balaban J connectivity index is 5.24. The Bertz CT molecular complexity index is 252. The van der Waals surface area contributed by atoms with Gasteiger partial charge in [-0.2, -0.15) is 30.7 Å². The molecule has 0 aromatic carbocycles. The van der Waals surface area contributed by atoms with E-state index in [1.54, 1.807) is 6.92 Å². The van der Waals surface area contributed by atoms with Gasteiger partial charge in [0.1, 0.15) is 0 Å². The average molecular weight is 268 g/mol. The van der Waals surface area contributed by atoms with Crippen LogP contribution in [-0.2, 0) is 0 Å². The molecule has 0 spiro atoms. The summed E-state index contributed by atoms with van der Waals surface area (Å²) in [6, 6.07) is 0. The molecule has 0 saturated heterocycles. The van der Waals surface area contributed by atoms with Crippen molar-refractivity contribution < 1.29 is 30.7 Å². The Morgan fingerprint density at radius 3 is 1.47 bits per heavy atom. The molecule has 0 atom stereocenters. The molecule has 0 N–H and O–H groups in total. The predicted molar refractivity (Wildman–Crippen MR) is 49.3 cm³/mol. The summed E-state index contributed by atoms with van der Waals surface area (Å²) in [6.45, 7) is 3.08. The smallest absolute Gasteiger partial charge is 0.199 e. The van der Waals surface area contributed by atoms with Crippen LogP contribution in [0.5, 0.6) is 0 Å². The first kappa shape index (κ1) is 16.5. The van der Waals surface area contributed by atoms with E-state index < -0.39 is 29.9 Å². The maximum atomic E-state index is 13.3. The lowest BCUT2D eigenvalue weighted by atomic mass is 9.77. The molecule has 0 saturated carbocycles. The topological polar surface area (TPSA) is 0 Å². The molecule has 0 aliphatic heterocycles. The Hall–Kier alpha value is -0.490. The van der Waals surface area contributed by atoms with E-state index in [9.17, 15) is 30.7 Å². The van der Waals surface area contributed by atoms with Gasteiger partial charge in [-0.05, 0) is 6.42 Å². The molecule has 0 aliphatic carbocycles. The van der Waals surface area contributed by atoms with Gasteiger partial charge in [0.05, 0.1) is 0 Å². The Morgan fingerprint density at radius 2 is 1.18 bits per heavy atom. The summed E-state index contributed by atoms with van der Waals surface area (Å²) in [4.78, 5) is 0. The van der Waals surface area contributed by atoms with Crippen LogP contribution in [0.1, 0.15) is 40.0 Å². The highest BCUT2D eigenvalue weighted by Crippen LogP contribution is 2.55. The predicted octanol–water partition coefficient (Wildman–Crippen LogP) is 5.04. The van der Waals surface area contributed by atoms with Crippen LogP contribution in [0.25, 0.3) is 0 Å². The molecule has 0 aromatic rings. The minimum absolute atomic E-state index is 0.163. The van der Waals surface area contributed by atoms with Crippen LogP contribution >= 0.6 is 0 Å². The van der Waals surface area contributed by atoms with Crippen molar-refractivity contribution in [3.8, 4) is 0 Å². The van der Waals surface area contributed by atoms with E-state index in [-0.39, 0.29) is 6.42 Å². The van der Waals surface area contributed by atoms with Crippen LogP contribution in [0.2, 0.25) is 0 Å². The Labute approximate surface area is 95.2 Å². The largest absolute Gasteiger partial charge is 0.459 e. The molecular weight excluding hydrogens is 253 g/mol. The lowest BCUT2D eigenvalue weighted by molar-refractivity contribution is -0.377. The number of hydrogen-bond donors (Lipinski definition) is 0. The summed E-state index contributed by atoms with van der Waals surface area (Å²) in [5.41, 5.74) is -2.41. The van der Waals surface area contributed by atoms with Gasteiger partial charge in [-0.25, -0.2) is 0 Å². The highest BCUT2D eigenvalue weighted by atomic mass is 19.4. The van der Waals surface area contributed by atoms with Gasteiger partial charge in [-0.1, -0.05) is 33.6 Å². The van der Waals surface area contributed by atoms with Crippen molar-refractivity contribution in [3.05, 3.63) is 0 Å². The molecule has 0 radical (unpaired) electrons. The highest BCUT2D eigenvalue weighted by Gasteiger charge is 2.76. The molecule has 104 valence electrons. The molecule has 0 heterocycles. The third-order valence-corrected chi connectivity index (χ3v) is 2.76. The van der Waals surface area contributed by atoms with Crippen LogP contribution < -0.4 is 0 Å². The molecular formula is C10H15F7. The second kappa shape index (κ2) is 4.65. The summed E-state index contributed by atoms with van der Waals surface area (Å²) >= 11 is 0. The van der Waals surface area contributed by atoms with Gasteiger partial charge in [0.2, 0.25) is 0 Å². The van der Waals surface area contributed by atoms with E-state index in [0.717, 1.165) is 13.8 Å². The van der Waals surface area contributed by atoms with Crippen LogP contribution in [0.4, 0.5) is 30.7 Å². The molecule has 7 heteroatoms. The normalized spacial score (nSPS) is 15.2. The van der Waals surface area contributed by atoms with Crippen molar-refractivity contribution in [2.45, 2.75) is 58.1 Å². The first-order valence-electron chi connectivity index (χ1n) is 5.13. The number of hydrogen-bond acceptors (Lipinski definition) is 0. The zero-order valence-corrected chi connectivity index (χ0v) is 9.77. The van der Waals surface area contributed by atoms with Crippen LogP contribution in [-0.4, -0.2) is 18.0 Å². The van der Waals surface area contributed by atoms with E-state index in [1.807, 2.05) is 0 Å². The molecule has 0 nitrogen and oxygen atoms in total. The molecule has 0 amide bonds. The zero-order valence-electron chi connectivity index (χ0n) is 9.77. The van der Waals surface area contributed by atoms with Gasteiger partial charge in [-0.15, -0.1) is 0 Å². The first-order chi connectivity index (χ1) is 7.31. The third-order valence-electron chi connectivity index (χ3n) is 2.76. The van der Waals surface area contributed by atoms with E-state index in [1.165, 1.54) is 0 Å². The minimum Gasteiger partial charge on any atom is -0.199 e. The summed E-state index contributed by atoms with van der Waals surface area (Å²) in [5, 5.41) is 0. The second-order valence-corrected chi connectivity index (χ2v) is 4.63. The molecule has 0 aliphatic rings. The SMILES string of the molecule is CCCCC(C)(C)C(F)(F)C(F)(F)C(F)(F)F. The molecule has 0 bridgehead atoms. The van der Waals surface area contributed by atoms with Crippen molar-refractivity contribution >= 4 is 0 Å². The summed E-state index contributed by atoms with van der Waals surface area (Å²) < 4.78 is 88.0. The maximum Gasteiger partial charge on any atom is 0.459 e. The van der Waals surface area contributed by atoms with Crippen LogP contribution in [0.3, 0.4) is 0 Å². The molecule has 17 heavy (non-hydrogen) atoms. The lowest BCUT2D eigenvalue weighted by Gasteiger charge is -2.39. The molecule has 0 unspecified atom stereocenters. The van der Waals surface area contributed by atoms with Crippen molar-refractivity contribution in [2.24, 2.45) is 5.41 Å². The van der Waals surface area contributed by atoms with E-state index >= 15 is 0 Å². The third kappa shape index (κ3) is 2.85. The minimum atomic E-state index is -6.25. The summed E-state index contributed by atoms with van der Waals surface area (Å²) in [5.74, 6) is -11.1. The highest BCUT2D eigenvalue weighted by molar-refractivity contribution is 4.99. The van der Waals surface area contributed by atoms with Crippen LogP contribution in [0.15, 0.2) is 0 Å². The molecule has 0 rings (SSSR count). The monoisotopic (exact) mass is 268 g/mol. The Kier molecular flexibility index (Phi) is 4.51. The van der Waals surface area contributed by atoms with Crippen molar-refractivity contribution in [3.63, 3.8) is 0 Å². The van der Waals surface area contributed by atoms with E-state index in [0.29, 0.717) is 6.42 Å². The van der Waals surface area contributed by atoms with E-state index in [4.69, 9.17) is 0 Å². The number of unbranched alkanes of at least 4 members (excludes halogenated alkanes) is 1. The standard InChI is InChI=1S/C10H15F7/c1-4-5-6-7(2,3)8(11,12)9(13,14)10(15,16)17/h4-6H2,1-3H3. The number of alkyl halides is 7. The van der Waals surface area contributed by atoms with Gasteiger partial charge in [0.25, 0.3) is 0 Å². The molecule has 0 aromatic heterocycles. The van der Waals surface area contributed by atoms with Crippen LogP contribution in [0, 0.1) is 5.41 Å². The van der Waals surface area contributed by atoms with Gasteiger partial charge < -0.3 is 0 Å². The second-order valence-electron chi connectivity index (χ2n) is 4.63. The maximum absolute atomic E-state index is 13.3. The average Bonchev–Trinajstić information content (AvgIpc) is 2.12. The molecule has 0 fully saturated rings. The summed E-state index contributed by atoms with van der Waals surface area (Å²) in [6.07, 6.45) is -6.05.